The molecule has 0 saturated carbocycles. The average Bonchev–Trinajstić information content (AvgIpc) is 2.88. The van der Waals surface area contributed by atoms with Crippen molar-refractivity contribution in [1.29, 1.82) is 0 Å². The molecule has 0 heterocycles. The largest absolute Gasteiger partial charge is 0.457 e. The number of alkyl halides is 1. The summed E-state index contributed by atoms with van der Waals surface area (Å²) < 4.78 is 18.1. The number of ketones is 1. The van der Waals surface area contributed by atoms with Gasteiger partial charge in [0.1, 0.15) is 13.3 Å². The maximum atomic E-state index is 12.8. The maximum Gasteiger partial charge on any atom is 0.338 e. The number of esters is 1. The number of carbonyl (C=O) groups is 3. The third-order valence-electron chi connectivity index (χ3n) is 5.27. The molecule has 1 amide bonds. The van der Waals surface area contributed by atoms with Gasteiger partial charge in [0, 0.05) is 6.42 Å². The monoisotopic (exact) mass is 462 g/mol. The van der Waals surface area contributed by atoms with E-state index in [9.17, 15) is 18.8 Å². The molecule has 34 heavy (non-hydrogen) atoms. The fraction of sp³-hybridized carbons (Fsp3) is 0.222. The molecule has 3 aromatic carbocycles. The molecule has 176 valence electrons. The summed E-state index contributed by atoms with van der Waals surface area (Å²) in [6, 6.07) is 23.4. The number of benzene rings is 3. The first kappa shape index (κ1) is 24.8. The molecule has 3 aromatic rings. The van der Waals surface area contributed by atoms with Crippen LogP contribution in [0.4, 0.5) is 4.39 Å². The number of nitrogens with two attached hydrogens (primary N) is 1. The van der Waals surface area contributed by atoms with Crippen molar-refractivity contribution in [2.24, 2.45) is 5.73 Å². The Morgan fingerprint density at radius 1 is 0.882 bits per heavy atom. The van der Waals surface area contributed by atoms with Crippen LogP contribution >= 0.6 is 0 Å². The molecule has 3 rings (SSSR count). The van der Waals surface area contributed by atoms with E-state index in [1.54, 1.807) is 48.5 Å². The van der Waals surface area contributed by atoms with E-state index in [0.717, 1.165) is 5.56 Å². The van der Waals surface area contributed by atoms with Gasteiger partial charge in [-0.2, -0.15) is 0 Å². The van der Waals surface area contributed by atoms with Crippen LogP contribution in [0.5, 0.6) is 0 Å². The molecule has 0 spiro atoms. The third-order valence-corrected chi connectivity index (χ3v) is 5.27. The van der Waals surface area contributed by atoms with Crippen LogP contribution in [0.15, 0.2) is 84.9 Å². The molecule has 1 unspecified atom stereocenters. The van der Waals surface area contributed by atoms with E-state index in [4.69, 9.17) is 10.5 Å². The molecule has 0 aromatic heterocycles. The Hall–Kier alpha value is -3.84. The molecular weight excluding hydrogens is 435 g/mol. The van der Waals surface area contributed by atoms with Gasteiger partial charge in [0.05, 0.1) is 17.6 Å². The SMILES string of the molecule is N[C@@H](Cc1cccc(C(=O)OCc2ccccc2)c1)C(=O)NC(CC(=O)CF)c1ccccc1. The number of carbonyl (C=O) groups excluding carboxylic acids is 3. The second-order valence-corrected chi connectivity index (χ2v) is 7.92. The lowest BCUT2D eigenvalue weighted by Crippen LogP contribution is -2.44. The molecule has 7 heteroatoms. The molecular formula is C27H27FN2O4. The minimum Gasteiger partial charge on any atom is -0.457 e. The van der Waals surface area contributed by atoms with E-state index in [1.807, 2.05) is 36.4 Å². The summed E-state index contributed by atoms with van der Waals surface area (Å²) in [5.74, 6) is -1.56. The molecule has 0 aliphatic heterocycles. The number of nitrogens with one attached hydrogen (secondary N) is 1. The van der Waals surface area contributed by atoms with Crippen molar-refractivity contribution in [3.05, 3.63) is 107 Å². The zero-order chi connectivity index (χ0) is 24.3. The highest BCUT2D eigenvalue weighted by atomic mass is 19.1. The summed E-state index contributed by atoms with van der Waals surface area (Å²) in [7, 11) is 0. The lowest BCUT2D eigenvalue weighted by atomic mass is 9.99. The standard InChI is InChI=1S/C27H27FN2O4/c28-17-23(31)16-25(21-11-5-2-6-12-21)30-26(32)24(29)15-20-10-7-13-22(14-20)27(33)34-18-19-8-3-1-4-9-19/h1-14,24-25H,15-18,29H2,(H,30,32)/t24-,25?/m0/s1. The Kier molecular flexibility index (Phi) is 9.05. The number of Topliss-reactive ketones (excluding diaryl/α,β-unsaturated/α-hetero) is 1. The fourth-order valence-electron chi connectivity index (χ4n) is 3.48. The van der Waals surface area contributed by atoms with E-state index in [-0.39, 0.29) is 19.4 Å². The summed E-state index contributed by atoms with van der Waals surface area (Å²) in [4.78, 5) is 36.9. The van der Waals surface area contributed by atoms with Crippen LogP contribution in [0.1, 0.15) is 39.5 Å². The number of ether oxygens (including phenoxy) is 1. The zero-order valence-electron chi connectivity index (χ0n) is 18.7. The summed E-state index contributed by atoms with van der Waals surface area (Å²) in [6.07, 6.45) is 0.00587. The van der Waals surface area contributed by atoms with Gasteiger partial charge in [0.2, 0.25) is 5.91 Å². The maximum absolute atomic E-state index is 12.8. The predicted octanol–water partition coefficient (Wildman–Crippen LogP) is 3.70. The Labute approximate surface area is 197 Å². The van der Waals surface area contributed by atoms with Gasteiger partial charge >= 0.3 is 5.97 Å². The van der Waals surface area contributed by atoms with Gasteiger partial charge in [-0.05, 0) is 35.2 Å². The Bertz CT molecular complexity index is 1110. The van der Waals surface area contributed by atoms with Gasteiger partial charge in [-0.25, -0.2) is 9.18 Å². The van der Waals surface area contributed by atoms with Crippen molar-refractivity contribution >= 4 is 17.7 Å². The molecule has 0 radical (unpaired) electrons. The lowest BCUT2D eigenvalue weighted by molar-refractivity contribution is -0.124. The fourth-order valence-corrected chi connectivity index (χ4v) is 3.48. The van der Waals surface area contributed by atoms with Gasteiger partial charge in [-0.1, -0.05) is 72.8 Å². The van der Waals surface area contributed by atoms with Crippen LogP contribution in [0.25, 0.3) is 0 Å². The highest BCUT2D eigenvalue weighted by Gasteiger charge is 2.22. The number of rotatable bonds is 11. The van der Waals surface area contributed by atoms with Crippen LogP contribution in [0.2, 0.25) is 0 Å². The highest BCUT2D eigenvalue weighted by Crippen LogP contribution is 2.18. The van der Waals surface area contributed by atoms with Crippen LogP contribution in [0.3, 0.4) is 0 Å². The van der Waals surface area contributed by atoms with E-state index in [0.29, 0.717) is 16.7 Å². The molecule has 0 aliphatic carbocycles. The van der Waals surface area contributed by atoms with Crippen molar-refractivity contribution in [3.63, 3.8) is 0 Å². The van der Waals surface area contributed by atoms with Crippen LogP contribution in [-0.4, -0.2) is 30.4 Å². The van der Waals surface area contributed by atoms with Gasteiger partial charge < -0.3 is 15.8 Å². The second kappa shape index (κ2) is 12.4. The number of hydrogen-bond donors (Lipinski definition) is 2. The summed E-state index contributed by atoms with van der Waals surface area (Å²) in [5.41, 5.74) is 8.73. The molecule has 3 N–H and O–H groups in total. The van der Waals surface area contributed by atoms with Crippen molar-refractivity contribution in [3.8, 4) is 0 Å². The minimum atomic E-state index is -1.10. The van der Waals surface area contributed by atoms with Gasteiger partial charge in [-0.3, -0.25) is 9.59 Å². The number of halogens is 1. The first-order valence-electron chi connectivity index (χ1n) is 10.9. The third kappa shape index (κ3) is 7.35. The van der Waals surface area contributed by atoms with Gasteiger partial charge in [0.25, 0.3) is 0 Å². The van der Waals surface area contributed by atoms with Crippen molar-refractivity contribution in [2.75, 3.05) is 6.67 Å². The summed E-state index contributed by atoms with van der Waals surface area (Å²) in [5, 5.41) is 2.75. The quantitative estimate of drug-likeness (QED) is 0.424. The van der Waals surface area contributed by atoms with Crippen molar-refractivity contribution < 1.29 is 23.5 Å². The van der Waals surface area contributed by atoms with E-state index in [2.05, 4.69) is 5.32 Å². The Morgan fingerprint density at radius 2 is 1.53 bits per heavy atom. The molecule has 0 saturated heterocycles. The van der Waals surface area contributed by atoms with Crippen LogP contribution < -0.4 is 11.1 Å². The topological polar surface area (TPSA) is 98.5 Å². The molecule has 0 aliphatic rings. The second-order valence-electron chi connectivity index (χ2n) is 7.92. The van der Waals surface area contributed by atoms with Gasteiger partial charge in [0.15, 0.2) is 5.78 Å². The van der Waals surface area contributed by atoms with E-state index in [1.165, 1.54) is 0 Å². The molecule has 2 atom stereocenters. The minimum absolute atomic E-state index is 0.157. The summed E-state index contributed by atoms with van der Waals surface area (Å²) >= 11 is 0. The van der Waals surface area contributed by atoms with E-state index < -0.39 is 36.4 Å². The van der Waals surface area contributed by atoms with Crippen LogP contribution in [0, 0.1) is 0 Å². The van der Waals surface area contributed by atoms with Crippen molar-refractivity contribution in [1.82, 2.24) is 5.32 Å². The Morgan fingerprint density at radius 3 is 2.21 bits per heavy atom. The van der Waals surface area contributed by atoms with Crippen molar-refractivity contribution in [2.45, 2.75) is 31.5 Å². The first-order chi connectivity index (χ1) is 16.5. The Balaban J connectivity index is 1.61. The average molecular weight is 463 g/mol. The number of hydrogen-bond acceptors (Lipinski definition) is 5. The highest BCUT2D eigenvalue weighted by molar-refractivity contribution is 5.89. The van der Waals surface area contributed by atoms with Gasteiger partial charge in [-0.15, -0.1) is 0 Å². The zero-order valence-corrected chi connectivity index (χ0v) is 18.7. The number of amides is 1. The van der Waals surface area contributed by atoms with E-state index >= 15 is 0 Å². The van der Waals surface area contributed by atoms with Crippen LogP contribution in [-0.2, 0) is 27.4 Å². The smallest absolute Gasteiger partial charge is 0.338 e. The molecule has 0 fully saturated rings. The molecule has 6 nitrogen and oxygen atoms in total. The summed E-state index contributed by atoms with van der Waals surface area (Å²) in [6.45, 7) is -0.942. The molecule has 0 bridgehead atoms. The predicted molar refractivity (Wildman–Crippen MR) is 127 cm³/mol. The normalized spacial score (nSPS) is 12.4. The lowest BCUT2D eigenvalue weighted by Gasteiger charge is -2.21. The first-order valence-corrected chi connectivity index (χ1v) is 10.9.